The lowest BCUT2D eigenvalue weighted by Gasteiger charge is -2.22. The van der Waals surface area contributed by atoms with Crippen LogP contribution < -0.4 is 33.2 Å². The molecule has 3 unspecified atom stereocenters. The third kappa shape index (κ3) is 8.83. The molecule has 15 nitrogen and oxygen atoms in total. The van der Waals surface area contributed by atoms with Crippen LogP contribution in [0.4, 0.5) is 0 Å². The number of imidazole rings is 1. The summed E-state index contributed by atoms with van der Waals surface area (Å²) in [6, 6.07) is 4.10. The van der Waals surface area contributed by atoms with Crippen molar-refractivity contribution >= 4 is 40.6 Å². The molecule has 214 valence electrons. The first kappa shape index (κ1) is 29.6. The lowest BCUT2D eigenvalue weighted by Crippen LogP contribution is -2.54. The maximum absolute atomic E-state index is 13.1. The van der Waals surface area contributed by atoms with Gasteiger partial charge in [0.05, 0.1) is 18.9 Å². The summed E-state index contributed by atoms with van der Waals surface area (Å²) in [6.07, 6.45) is 5.33. The SMILES string of the molecule is NC(N)=NCCCC(NC(=O)CNC(=O)C(N)Cc1cnc[nH]1)C(=O)NC(Cc1c[nH]c2ccccc12)C(=O)O. The van der Waals surface area contributed by atoms with Crippen LogP contribution in [-0.4, -0.2) is 80.9 Å². The number of benzene rings is 1. The minimum absolute atomic E-state index is 0.0179. The number of hydrogen-bond donors (Lipinski definition) is 9. The molecule has 0 saturated carbocycles. The summed E-state index contributed by atoms with van der Waals surface area (Å²) in [5.41, 5.74) is 18.8. The van der Waals surface area contributed by atoms with Crippen LogP contribution >= 0.6 is 0 Å². The van der Waals surface area contributed by atoms with Gasteiger partial charge in [0.25, 0.3) is 0 Å². The summed E-state index contributed by atoms with van der Waals surface area (Å²) in [5, 5.41) is 18.1. The van der Waals surface area contributed by atoms with E-state index in [0.717, 1.165) is 10.9 Å². The van der Waals surface area contributed by atoms with Crippen LogP contribution in [0.2, 0.25) is 0 Å². The highest BCUT2D eigenvalue weighted by atomic mass is 16.4. The number of aromatic amines is 2. The number of aromatic nitrogens is 3. The van der Waals surface area contributed by atoms with Gasteiger partial charge in [-0.05, 0) is 24.5 Å². The van der Waals surface area contributed by atoms with Crippen molar-refractivity contribution in [3.05, 3.63) is 54.2 Å². The number of aliphatic carboxylic acids is 1. The molecule has 0 saturated heterocycles. The van der Waals surface area contributed by atoms with Crippen molar-refractivity contribution in [1.82, 2.24) is 30.9 Å². The molecule has 2 aromatic heterocycles. The molecule has 3 aromatic rings. The van der Waals surface area contributed by atoms with E-state index in [-0.39, 0.29) is 31.8 Å². The smallest absolute Gasteiger partial charge is 0.326 e. The number of carbonyl (C=O) groups is 4. The summed E-state index contributed by atoms with van der Waals surface area (Å²) in [5.74, 6) is -3.28. The van der Waals surface area contributed by atoms with Gasteiger partial charge in [0.15, 0.2) is 5.96 Å². The van der Waals surface area contributed by atoms with Crippen LogP contribution in [0.25, 0.3) is 10.9 Å². The Morgan fingerprint density at radius 1 is 1.02 bits per heavy atom. The number of nitrogens with one attached hydrogen (secondary N) is 5. The van der Waals surface area contributed by atoms with E-state index in [0.29, 0.717) is 17.7 Å². The van der Waals surface area contributed by atoms with Crippen LogP contribution in [0.15, 0.2) is 48.0 Å². The molecular weight excluding hydrogens is 520 g/mol. The van der Waals surface area contributed by atoms with Crippen molar-refractivity contribution < 1.29 is 24.3 Å². The first-order chi connectivity index (χ1) is 19.1. The minimum Gasteiger partial charge on any atom is -0.480 e. The second-order valence-electron chi connectivity index (χ2n) is 9.14. The fraction of sp³-hybridized carbons (Fsp3) is 0.360. The van der Waals surface area contributed by atoms with E-state index < -0.39 is 48.4 Å². The Morgan fingerprint density at radius 3 is 2.50 bits per heavy atom. The Kier molecular flexibility index (Phi) is 10.6. The highest BCUT2D eigenvalue weighted by Gasteiger charge is 2.27. The van der Waals surface area contributed by atoms with Gasteiger partial charge in [-0.3, -0.25) is 19.4 Å². The van der Waals surface area contributed by atoms with E-state index in [9.17, 15) is 24.3 Å². The van der Waals surface area contributed by atoms with E-state index >= 15 is 0 Å². The quantitative estimate of drug-likeness (QED) is 0.0584. The zero-order chi connectivity index (χ0) is 29.1. The largest absolute Gasteiger partial charge is 0.480 e. The summed E-state index contributed by atoms with van der Waals surface area (Å²) in [7, 11) is 0. The molecule has 0 fully saturated rings. The third-order valence-corrected chi connectivity index (χ3v) is 6.07. The van der Waals surface area contributed by atoms with Crippen LogP contribution in [-0.2, 0) is 32.0 Å². The van der Waals surface area contributed by atoms with Gasteiger partial charge in [-0.15, -0.1) is 0 Å². The molecule has 15 heteroatoms. The summed E-state index contributed by atoms with van der Waals surface area (Å²) >= 11 is 0. The average molecular weight is 555 g/mol. The highest BCUT2D eigenvalue weighted by molar-refractivity contribution is 5.93. The Balaban J connectivity index is 1.61. The summed E-state index contributed by atoms with van der Waals surface area (Å²) in [4.78, 5) is 63.7. The number of H-pyrrole nitrogens is 2. The number of fused-ring (bicyclic) bond motifs is 1. The maximum Gasteiger partial charge on any atom is 0.326 e. The van der Waals surface area contributed by atoms with Gasteiger partial charge in [0.2, 0.25) is 17.7 Å². The molecule has 3 atom stereocenters. The molecule has 3 amide bonds. The Morgan fingerprint density at radius 2 is 1.80 bits per heavy atom. The van der Waals surface area contributed by atoms with Crippen molar-refractivity contribution in [2.45, 2.75) is 43.8 Å². The standard InChI is InChI=1S/C25H34N10O5/c26-17(9-15-11-29-13-33-15)22(37)32-12-21(36)34-19(6-3-7-30-25(27)28)23(38)35-20(24(39)40)8-14-10-31-18-5-2-1-4-16(14)18/h1-2,4-5,10-11,13,17,19-20,31H,3,6-9,12,26H2,(H,29,33)(H,32,37)(H,34,36)(H,35,38)(H,39,40)(H4,27,28,30). The Labute approximate surface area is 229 Å². The number of carboxylic acids is 1. The Hall–Kier alpha value is -4.92. The lowest BCUT2D eigenvalue weighted by molar-refractivity contribution is -0.142. The minimum atomic E-state index is -1.26. The molecule has 0 bridgehead atoms. The molecule has 0 aliphatic carbocycles. The number of para-hydroxylation sites is 1. The first-order valence-corrected chi connectivity index (χ1v) is 12.6. The first-order valence-electron chi connectivity index (χ1n) is 12.6. The number of nitrogens with zero attached hydrogens (tertiary/aromatic N) is 2. The summed E-state index contributed by atoms with van der Waals surface area (Å²) < 4.78 is 0. The number of nitrogens with two attached hydrogens (primary N) is 3. The zero-order valence-corrected chi connectivity index (χ0v) is 21.7. The zero-order valence-electron chi connectivity index (χ0n) is 21.7. The number of guanidine groups is 1. The van der Waals surface area contributed by atoms with E-state index in [1.54, 1.807) is 6.20 Å². The van der Waals surface area contributed by atoms with Gasteiger partial charge in [-0.1, -0.05) is 18.2 Å². The van der Waals surface area contributed by atoms with Gasteiger partial charge in [-0.25, -0.2) is 9.78 Å². The lowest BCUT2D eigenvalue weighted by atomic mass is 10.0. The normalized spacial score (nSPS) is 13.1. The Bertz CT molecular complexity index is 1330. The fourth-order valence-electron chi connectivity index (χ4n) is 4.03. The number of aliphatic imine (C=N–C) groups is 1. The molecule has 1 aromatic carbocycles. The summed E-state index contributed by atoms with van der Waals surface area (Å²) in [6.45, 7) is -0.246. The van der Waals surface area contributed by atoms with Gasteiger partial charge in [0.1, 0.15) is 12.1 Å². The van der Waals surface area contributed by atoms with Crippen molar-refractivity contribution in [1.29, 1.82) is 0 Å². The molecule has 0 aliphatic heterocycles. The molecular formula is C25H34N10O5. The molecule has 0 aliphatic rings. The fourth-order valence-corrected chi connectivity index (χ4v) is 4.03. The highest BCUT2D eigenvalue weighted by Crippen LogP contribution is 2.19. The molecule has 0 spiro atoms. The van der Waals surface area contributed by atoms with Crippen LogP contribution in [0.3, 0.4) is 0 Å². The molecule has 2 heterocycles. The second-order valence-corrected chi connectivity index (χ2v) is 9.14. The van der Waals surface area contributed by atoms with Crippen LogP contribution in [0, 0.1) is 0 Å². The number of hydrogen-bond acceptors (Lipinski definition) is 7. The van der Waals surface area contributed by atoms with Gasteiger partial charge < -0.3 is 48.2 Å². The van der Waals surface area contributed by atoms with Crippen LogP contribution in [0.5, 0.6) is 0 Å². The van der Waals surface area contributed by atoms with Crippen molar-refractivity contribution in [2.75, 3.05) is 13.1 Å². The number of rotatable bonds is 15. The predicted molar refractivity (Wildman–Crippen MR) is 147 cm³/mol. The molecule has 12 N–H and O–H groups in total. The van der Waals surface area contributed by atoms with Gasteiger partial charge >= 0.3 is 5.97 Å². The van der Waals surface area contributed by atoms with E-state index in [4.69, 9.17) is 17.2 Å². The topological polar surface area (TPSA) is 259 Å². The number of carboxylic acid groups (broad SMARTS) is 1. The predicted octanol–water partition coefficient (Wildman–Crippen LogP) is -1.77. The van der Waals surface area contributed by atoms with Crippen molar-refractivity contribution in [3.8, 4) is 0 Å². The molecule has 40 heavy (non-hydrogen) atoms. The number of carbonyl (C=O) groups excluding carboxylic acids is 3. The van der Waals surface area contributed by atoms with Gasteiger partial charge in [0, 0.05) is 48.4 Å². The van der Waals surface area contributed by atoms with Crippen molar-refractivity contribution in [2.24, 2.45) is 22.2 Å². The van der Waals surface area contributed by atoms with E-state index in [1.807, 2.05) is 24.3 Å². The van der Waals surface area contributed by atoms with E-state index in [2.05, 4.69) is 35.9 Å². The monoisotopic (exact) mass is 554 g/mol. The third-order valence-electron chi connectivity index (χ3n) is 6.07. The van der Waals surface area contributed by atoms with E-state index in [1.165, 1.54) is 12.5 Å². The molecule has 0 radical (unpaired) electrons. The van der Waals surface area contributed by atoms with Gasteiger partial charge in [-0.2, -0.15) is 0 Å². The molecule has 3 rings (SSSR count). The average Bonchev–Trinajstić information content (AvgIpc) is 3.58. The maximum atomic E-state index is 13.1. The van der Waals surface area contributed by atoms with Crippen LogP contribution in [0.1, 0.15) is 24.1 Å². The number of amides is 3. The van der Waals surface area contributed by atoms with Crippen molar-refractivity contribution in [3.63, 3.8) is 0 Å². The second kappa shape index (κ2) is 14.3.